The van der Waals surface area contributed by atoms with Crippen molar-refractivity contribution in [1.82, 2.24) is 4.98 Å². The maximum absolute atomic E-state index is 11.8. The second-order valence-corrected chi connectivity index (χ2v) is 4.34. The molecule has 3 nitrogen and oxygen atoms in total. The Morgan fingerprint density at radius 3 is 2.94 bits per heavy atom. The summed E-state index contributed by atoms with van der Waals surface area (Å²) in [6.45, 7) is 1.92. The first kappa shape index (κ1) is 11.7. The lowest BCUT2D eigenvalue weighted by molar-refractivity contribution is 0.983. The van der Waals surface area contributed by atoms with Crippen LogP contribution in [0.1, 0.15) is 17.5 Å². The number of fused-ring (bicyclic) bond motifs is 1. The van der Waals surface area contributed by atoms with Crippen LogP contribution in [0.15, 0.2) is 23.0 Å². The highest BCUT2D eigenvalue weighted by Crippen LogP contribution is 2.24. The van der Waals surface area contributed by atoms with Gasteiger partial charge in [0.1, 0.15) is 0 Å². The standard InChI is InChI=1S/C13H11ClN2O/c1-8-4-5-11(14)10-7-9(3-2-6-15)13(17)16-12(8)10/h4-5,7H,2-3H2,1H3,(H,16,17). The monoisotopic (exact) mass is 246 g/mol. The second-order valence-electron chi connectivity index (χ2n) is 3.93. The molecule has 0 atom stereocenters. The normalized spacial score (nSPS) is 10.4. The topological polar surface area (TPSA) is 56.6 Å². The predicted molar refractivity (Wildman–Crippen MR) is 68.2 cm³/mol. The van der Waals surface area contributed by atoms with E-state index in [0.717, 1.165) is 16.5 Å². The lowest BCUT2D eigenvalue weighted by Gasteiger charge is -2.06. The predicted octanol–water partition coefficient (Wildman–Crippen LogP) is 2.95. The van der Waals surface area contributed by atoms with Gasteiger partial charge in [0, 0.05) is 22.4 Å². The van der Waals surface area contributed by atoms with E-state index in [1.807, 2.05) is 25.1 Å². The highest BCUT2D eigenvalue weighted by Gasteiger charge is 2.07. The van der Waals surface area contributed by atoms with Gasteiger partial charge in [-0.25, -0.2) is 0 Å². The lowest BCUT2D eigenvalue weighted by Crippen LogP contribution is -2.12. The number of H-pyrrole nitrogens is 1. The molecule has 0 radical (unpaired) electrons. The van der Waals surface area contributed by atoms with Crippen LogP contribution in [0.3, 0.4) is 0 Å². The molecule has 0 spiro atoms. The third-order valence-electron chi connectivity index (χ3n) is 2.76. The largest absolute Gasteiger partial charge is 0.321 e. The van der Waals surface area contributed by atoms with Gasteiger partial charge < -0.3 is 4.98 Å². The Morgan fingerprint density at radius 2 is 2.24 bits per heavy atom. The molecule has 2 aromatic rings. The third-order valence-corrected chi connectivity index (χ3v) is 3.09. The molecule has 0 aliphatic rings. The van der Waals surface area contributed by atoms with Gasteiger partial charge in [-0.05, 0) is 31.0 Å². The number of benzene rings is 1. The molecule has 1 aromatic heterocycles. The summed E-state index contributed by atoms with van der Waals surface area (Å²) in [5.74, 6) is 0. The number of pyridine rings is 1. The van der Waals surface area contributed by atoms with Gasteiger partial charge in [-0.1, -0.05) is 17.7 Å². The van der Waals surface area contributed by atoms with Gasteiger partial charge in [-0.15, -0.1) is 0 Å². The molecule has 0 aliphatic carbocycles. The number of nitriles is 1. The minimum absolute atomic E-state index is 0.141. The average molecular weight is 247 g/mol. The molecule has 0 saturated heterocycles. The average Bonchev–Trinajstić information content (AvgIpc) is 2.32. The Morgan fingerprint density at radius 1 is 1.47 bits per heavy atom. The fraction of sp³-hybridized carbons (Fsp3) is 0.231. The molecule has 86 valence electrons. The van der Waals surface area contributed by atoms with Gasteiger partial charge in [0.25, 0.3) is 5.56 Å². The van der Waals surface area contributed by atoms with Crippen LogP contribution in [0.4, 0.5) is 0 Å². The number of hydrogen-bond donors (Lipinski definition) is 1. The molecule has 17 heavy (non-hydrogen) atoms. The molecule has 0 unspecified atom stereocenters. The summed E-state index contributed by atoms with van der Waals surface area (Å²) in [4.78, 5) is 14.6. The number of halogens is 1. The van der Waals surface area contributed by atoms with Crippen LogP contribution in [0.5, 0.6) is 0 Å². The molecule has 0 saturated carbocycles. The molecule has 0 aliphatic heterocycles. The highest BCUT2D eigenvalue weighted by molar-refractivity contribution is 6.35. The van der Waals surface area contributed by atoms with Crippen molar-refractivity contribution in [3.63, 3.8) is 0 Å². The third kappa shape index (κ3) is 2.17. The summed E-state index contributed by atoms with van der Waals surface area (Å²) in [5.41, 5.74) is 2.21. The van der Waals surface area contributed by atoms with Crippen LogP contribution in [0.25, 0.3) is 10.9 Å². The van der Waals surface area contributed by atoms with Gasteiger partial charge in [-0.2, -0.15) is 5.26 Å². The Kier molecular flexibility index (Phi) is 3.16. The Balaban J connectivity index is 2.68. The number of nitrogens with one attached hydrogen (secondary N) is 1. The molecular weight excluding hydrogens is 236 g/mol. The van der Waals surface area contributed by atoms with E-state index in [-0.39, 0.29) is 5.56 Å². The van der Waals surface area contributed by atoms with Gasteiger partial charge in [0.05, 0.1) is 11.6 Å². The van der Waals surface area contributed by atoms with Gasteiger partial charge in [-0.3, -0.25) is 4.79 Å². The van der Waals surface area contributed by atoms with Crippen molar-refractivity contribution in [2.75, 3.05) is 0 Å². The van der Waals surface area contributed by atoms with Crippen LogP contribution in [0.2, 0.25) is 5.02 Å². The van der Waals surface area contributed by atoms with E-state index in [1.54, 1.807) is 6.07 Å². The van der Waals surface area contributed by atoms with Gasteiger partial charge in [0.15, 0.2) is 0 Å². The second kappa shape index (κ2) is 4.60. The number of aromatic nitrogens is 1. The zero-order valence-electron chi connectivity index (χ0n) is 9.38. The van der Waals surface area contributed by atoms with Crippen LogP contribution in [-0.4, -0.2) is 4.98 Å². The lowest BCUT2D eigenvalue weighted by atomic mass is 10.1. The molecule has 1 heterocycles. The minimum Gasteiger partial charge on any atom is -0.321 e. The van der Waals surface area contributed by atoms with Crippen molar-refractivity contribution < 1.29 is 0 Å². The van der Waals surface area contributed by atoms with Crippen molar-refractivity contribution >= 4 is 22.5 Å². The fourth-order valence-corrected chi connectivity index (χ4v) is 2.03. The quantitative estimate of drug-likeness (QED) is 0.886. The molecule has 1 N–H and O–H groups in total. The van der Waals surface area contributed by atoms with E-state index in [9.17, 15) is 4.79 Å². The first-order chi connectivity index (χ1) is 8.13. The minimum atomic E-state index is -0.141. The van der Waals surface area contributed by atoms with E-state index in [1.165, 1.54) is 0 Å². The molecule has 1 aromatic carbocycles. The first-order valence-corrected chi connectivity index (χ1v) is 5.69. The molecular formula is C13H11ClN2O. The van der Waals surface area contributed by atoms with E-state index in [2.05, 4.69) is 4.98 Å². The molecule has 2 rings (SSSR count). The van der Waals surface area contributed by atoms with Gasteiger partial charge >= 0.3 is 0 Å². The van der Waals surface area contributed by atoms with Crippen molar-refractivity contribution in [2.24, 2.45) is 0 Å². The number of aromatic amines is 1. The molecule has 0 fully saturated rings. The summed E-state index contributed by atoms with van der Waals surface area (Å²) in [5, 5.41) is 9.99. The van der Waals surface area contributed by atoms with Crippen LogP contribution in [0, 0.1) is 18.3 Å². The summed E-state index contributed by atoms with van der Waals surface area (Å²) in [6, 6.07) is 7.49. The zero-order chi connectivity index (χ0) is 12.4. The summed E-state index contributed by atoms with van der Waals surface area (Å²) >= 11 is 6.10. The highest BCUT2D eigenvalue weighted by atomic mass is 35.5. The van der Waals surface area contributed by atoms with E-state index in [0.29, 0.717) is 23.4 Å². The molecule has 4 heteroatoms. The Bertz CT molecular complexity index is 667. The number of hydrogen-bond acceptors (Lipinski definition) is 2. The number of rotatable bonds is 2. The maximum atomic E-state index is 11.8. The fourth-order valence-electron chi connectivity index (χ4n) is 1.82. The summed E-state index contributed by atoms with van der Waals surface area (Å²) in [7, 11) is 0. The van der Waals surface area contributed by atoms with Crippen molar-refractivity contribution in [2.45, 2.75) is 19.8 Å². The van der Waals surface area contributed by atoms with Crippen molar-refractivity contribution in [1.29, 1.82) is 5.26 Å². The smallest absolute Gasteiger partial charge is 0.251 e. The Hall–Kier alpha value is -1.79. The van der Waals surface area contributed by atoms with E-state index < -0.39 is 0 Å². The zero-order valence-corrected chi connectivity index (χ0v) is 10.1. The number of nitrogens with zero attached hydrogens (tertiary/aromatic N) is 1. The molecule has 0 bridgehead atoms. The van der Waals surface area contributed by atoms with Crippen molar-refractivity contribution in [3.8, 4) is 6.07 Å². The summed E-state index contributed by atoms with van der Waals surface area (Å²) in [6.07, 6.45) is 0.782. The van der Waals surface area contributed by atoms with Gasteiger partial charge in [0.2, 0.25) is 0 Å². The number of aryl methyl sites for hydroxylation is 2. The maximum Gasteiger partial charge on any atom is 0.251 e. The first-order valence-electron chi connectivity index (χ1n) is 5.31. The molecule has 0 amide bonds. The summed E-state index contributed by atoms with van der Waals surface area (Å²) < 4.78 is 0. The van der Waals surface area contributed by atoms with E-state index in [4.69, 9.17) is 16.9 Å². The Labute approximate surface area is 104 Å². The van der Waals surface area contributed by atoms with Crippen LogP contribution in [-0.2, 0) is 6.42 Å². The van der Waals surface area contributed by atoms with Crippen molar-refractivity contribution in [3.05, 3.63) is 44.7 Å². The van der Waals surface area contributed by atoms with Crippen LogP contribution < -0.4 is 5.56 Å². The van der Waals surface area contributed by atoms with Crippen LogP contribution >= 0.6 is 11.6 Å². The van der Waals surface area contributed by atoms with E-state index >= 15 is 0 Å². The SMILES string of the molecule is Cc1ccc(Cl)c2cc(CCC#N)c(=O)[nH]c12.